The highest BCUT2D eigenvalue weighted by atomic mass is 16.6. The Labute approximate surface area is 144 Å². The van der Waals surface area contributed by atoms with Crippen molar-refractivity contribution in [1.29, 1.82) is 0 Å². The summed E-state index contributed by atoms with van der Waals surface area (Å²) in [6.45, 7) is 10.5. The van der Waals surface area contributed by atoms with E-state index < -0.39 is 5.97 Å². The van der Waals surface area contributed by atoms with Crippen LogP contribution in [0.3, 0.4) is 0 Å². The first kappa shape index (κ1) is 18.1. The molecule has 0 unspecified atom stereocenters. The fourth-order valence-corrected chi connectivity index (χ4v) is 2.41. The summed E-state index contributed by atoms with van der Waals surface area (Å²) in [7, 11) is 0. The highest BCUT2D eigenvalue weighted by Gasteiger charge is 2.14. The minimum absolute atomic E-state index is 0.0756. The lowest BCUT2D eigenvalue weighted by molar-refractivity contribution is -0.136. The van der Waals surface area contributed by atoms with Gasteiger partial charge in [0, 0.05) is 0 Å². The Balaban J connectivity index is 1.95. The van der Waals surface area contributed by atoms with Gasteiger partial charge in [-0.15, -0.1) is 0 Å². The normalized spacial score (nSPS) is 11.4. The van der Waals surface area contributed by atoms with E-state index in [-0.39, 0.29) is 12.0 Å². The maximum Gasteiger partial charge on any atom is 0.349 e. The van der Waals surface area contributed by atoms with E-state index in [2.05, 4.69) is 34.6 Å². The number of rotatable bonds is 5. The van der Waals surface area contributed by atoms with E-state index in [1.165, 1.54) is 5.56 Å². The summed E-state index contributed by atoms with van der Waals surface area (Å²) >= 11 is 0. The summed E-state index contributed by atoms with van der Waals surface area (Å²) in [4.78, 5) is 12.0. The van der Waals surface area contributed by atoms with Crippen molar-refractivity contribution in [3.8, 4) is 11.5 Å². The Bertz CT molecular complexity index is 679. The number of ether oxygens (including phenoxy) is 2. The van der Waals surface area contributed by atoms with Gasteiger partial charge in [-0.05, 0) is 40.7 Å². The van der Waals surface area contributed by atoms with Crippen LogP contribution in [0.25, 0.3) is 0 Å². The summed E-state index contributed by atoms with van der Waals surface area (Å²) in [5.74, 6) is 1.19. The smallest absolute Gasteiger partial charge is 0.349 e. The van der Waals surface area contributed by atoms with Crippen LogP contribution in [0.5, 0.6) is 11.5 Å². The maximum absolute atomic E-state index is 12.0. The molecule has 24 heavy (non-hydrogen) atoms. The molecule has 0 saturated heterocycles. The first-order valence-electron chi connectivity index (χ1n) is 8.30. The highest BCUT2D eigenvalue weighted by Crippen LogP contribution is 2.26. The molecule has 0 aliphatic heterocycles. The van der Waals surface area contributed by atoms with E-state index in [0.29, 0.717) is 11.7 Å². The number of hydrogen-bond donors (Lipinski definition) is 0. The molecule has 0 saturated carbocycles. The zero-order chi connectivity index (χ0) is 17.7. The molecule has 0 fully saturated rings. The van der Waals surface area contributed by atoms with E-state index in [0.717, 1.165) is 11.3 Å². The summed E-state index contributed by atoms with van der Waals surface area (Å²) in [5, 5.41) is 0. The molecular formula is C21H26O3. The third-order valence-electron chi connectivity index (χ3n) is 3.84. The first-order valence-corrected chi connectivity index (χ1v) is 8.30. The second-order valence-corrected chi connectivity index (χ2v) is 7.23. The molecule has 3 nitrogen and oxygen atoms in total. The molecule has 2 aromatic carbocycles. The van der Waals surface area contributed by atoms with E-state index in [4.69, 9.17) is 9.47 Å². The zero-order valence-electron chi connectivity index (χ0n) is 15.1. The van der Waals surface area contributed by atoms with Gasteiger partial charge in [0.25, 0.3) is 0 Å². The predicted molar refractivity (Wildman–Crippen MR) is 96.8 cm³/mol. The number of hydrogen-bond acceptors (Lipinski definition) is 3. The lowest BCUT2D eigenvalue weighted by Crippen LogP contribution is -2.18. The Kier molecular flexibility index (Phi) is 5.66. The molecule has 0 aliphatic rings. The fraction of sp³-hybridized carbons (Fsp3) is 0.381. The fourth-order valence-electron chi connectivity index (χ4n) is 2.41. The molecule has 3 heteroatoms. The van der Waals surface area contributed by atoms with Gasteiger partial charge < -0.3 is 9.47 Å². The van der Waals surface area contributed by atoms with Gasteiger partial charge in [-0.25, -0.2) is 4.79 Å². The molecule has 0 atom stereocenters. The van der Waals surface area contributed by atoms with Crippen LogP contribution in [0.4, 0.5) is 0 Å². The third-order valence-corrected chi connectivity index (χ3v) is 3.84. The monoisotopic (exact) mass is 326 g/mol. The van der Waals surface area contributed by atoms with Crippen LogP contribution in [0.1, 0.15) is 51.7 Å². The highest BCUT2D eigenvalue weighted by molar-refractivity contribution is 5.74. The van der Waals surface area contributed by atoms with Gasteiger partial charge in [0.1, 0.15) is 11.5 Å². The second-order valence-electron chi connectivity index (χ2n) is 7.23. The molecule has 0 radical (unpaired) electrons. The lowest BCUT2D eigenvalue weighted by atomic mass is 9.87. The second kappa shape index (κ2) is 7.52. The van der Waals surface area contributed by atoms with E-state index >= 15 is 0 Å². The van der Waals surface area contributed by atoms with Gasteiger partial charge in [0.15, 0.2) is 6.61 Å². The van der Waals surface area contributed by atoms with Crippen molar-refractivity contribution in [3.63, 3.8) is 0 Å². The first-order chi connectivity index (χ1) is 11.3. The average Bonchev–Trinajstić information content (AvgIpc) is 2.53. The van der Waals surface area contributed by atoms with Gasteiger partial charge in [-0.3, -0.25) is 0 Å². The van der Waals surface area contributed by atoms with Gasteiger partial charge in [-0.2, -0.15) is 0 Å². The molecule has 0 amide bonds. The molecule has 0 heterocycles. The Morgan fingerprint density at radius 3 is 2.21 bits per heavy atom. The van der Waals surface area contributed by atoms with Crippen molar-refractivity contribution in [1.82, 2.24) is 0 Å². The molecule has 128 valence electrons. The molecule has 2 aromatic rings. The summed E-state index contributed by atoms with van der Waals surface area (Å²) in [6.07, 6.45) is 0. The van der Waals surface area contributed by atoms with Crippen LogP contribution >= 0.6 is 0 Å². The maximum atomic E-state index is 12.0. The molecule has 0 aromatic heterocycles. The molecule has 0 N–H and O–H groups in total. The SMILES string of the molecule is CC(C)c1ccccc1OCC(=O)Oc1ccc(C(C)(C)C)cc1. The summed E-state index contributed by atoms with van der Waals surface area (Å²) < 4.78 is 11.0. The molecular weight excluding hydrogens is 300 g/mol. The Morgan fingerprint density at radius 2 is 1.62 bits per heavy atom. The molecule has 0 spiro atoms. The number of carbonyl (C=O) groups excluding carboxylic acids is 1. The number of benzene rings is 2. The van der Waals surface area contributed by atoms with Crippen molar-refractivity contribution >= 4 is 5.97 Å². The topological polar surface area (TPSA) is 35.5 Å². The Hall–Kier alpha value is -2.29. The van der Waals surface area contributed by atoms with Crippen LogP contribution in [-0.4, -0.2) is 12.6 Å². The predicted octanol–water partition coefficient (Wildman–Crippen LogP) is 5.09. The minimum Gasteiger partial charge on any atom is -0.482 e. The lowest BCUT2D eigenvalue weighted by Gasteiger charge is -2.19. The van der Waals surface area contributed by atoms with Crippen LogP contribution in [0, 0.1) is 0 Å². The van der Waals surface area contributed by atoms with Gasteiger partial charge >= 0.3 is 5.97 Å². The molecule has 2 rings (SSSR count). The van der Waals surface area contributed by atoms with Crippen LogP contribution in [0.15, 0.2) is 48.5 Å². The molecule has 0 aliphatic carbocycles. The quantitative estimate of drug-likeness (QED) is 0.567. The van der Waals surface area contributed by atoms with Gasteiger partial charge in [0.2, 0.25) is 0 Å². The van der Waals surface area contributed by atoms with Crippen molar-refractivity contribution < 1.29 is 14.3 Å². The zero-order valence-corrected chi connectivity index (χ0v) is 15.1. The molecule has 0 bridgehead atoms. The number of esters is 1. The van der Waals surface area contributed by atoms with Crippen LogP contribution < -0.4 is 9.47 Å². The minimum atomic E-state index is -0.405. The average molecular weight is 326 g/mol. The van der Waals surface area contributed by atoms with Crippen molar-refractivity contribution in [2.24, 2.45) is 0 Å². The van der Waals surface area contributed by atoms with Crippen LogP contribution in [0.2, 0.25) is 0 Å². The summed E-state index contributed by atoms with van der Waals surface area (Å²) in [6, 6.07) is 15.4. The van der Waals surface area contributed by atoms with Crippen LogP contribution in [-0.2, 0) is 10.2 Å². The van der Waals surface area contributed by atoms with Crippen molar-refractivity contribution in [2.75, 3.05) is 6.61 Å². The largest absolute Gasteiger partial charge is 0.482 e. The standard InChI is InChI=1S/C21H26O3/c1-15(2)18-8-6-7-9-19(18)23-14-20(22)24-17-12-10-16(11-13-17)21(3,4)5/h6-13,15H,14H2,1-5H3. The van der Waals surface area contributed by atoms with Gasteiger partial charge in [-0.1, -0.05) is 65.0 Å². The van der Waals surface area contributed by atoms with E-state index in [1.54, 1.807) is 0 Å². The van der Waals surface area contributed by atoms with E-state index in [1.807, 2.05) is 48.5 Å². The van der Waals surface area contributed by atoms with Gasteiger partial charge in [0.05, 0.1) is 0 Å². The summed E-state index contributed by atoms with van der Waals surface area (Å²) in [5.41, 5.74) is 2.36. The van der Waals surface area contributed by atoms with Crippen molar-refractivity contribution in [3.05, 3.63) is 59.7 Å². The number of carbonyl (C=O) groups is 1. The Morgan fingerprint density at radius 1 is 1.00 bits per heavy atom. The van der Waals surface area contributed by atoms with Crippen molar-refractivity contribution in [2.45, 2.75) is 46.0 Å². The number of para-hydroxylation sites is 1. The third kappa shape index (κ3) is 4.85. The van der Waals surface area contributed by atoms with E-state index in [9.17, 15) is 4.79 Å².